The number of H-pyrrole nitrogens is 1. The molecule has 1 aromatic carbocycles. The molecule has 0 bridgehead atoms. The highest BCUT2D eigenvalue weighted by molar-refractivity contribution is 5.90. The fourth-order valence-electron chi connectivity index (χ4n) is 2.59. The maximum atomic E-state index is 12.0. The SMILES string of the molecule is NCc1nc(-c2ccc(NC(=O)CCC3CCOC3)cc2)n[nH]1. The molecule has 1 aliphatic heterocycles. The van der Waals surface area contributed by atoms with Crippen LogP contribution in [0.3, 0.4) is 0 Å². The average molecular weight is 315 g/mol. The molecular weight excluding hydrogens is 294 g/mol. The van der Waals surface area contributed by atoms with Gasteiger partial charge in [-0.2, -0.15) is 5.10 Å². The zero-order valence-electron chi connectivity index (χ0n) is 12.9. The second kappa shape index (κ2) is 7.34. The Hall–Kier alpha value is -2.25. The summed E-state index contributed by atoms with van der Waals surface area (Å²) in [6.45, 7) is 1.93. The lowest BCUT2D eigenvalue weighted by Crippen LogP contribution is -2.13. The molecule has 7 nitrogen and oxygen atoms in total. The van der Waals surface area contributed by atoms with E-state index in [1.165, 1.54) is 0 Å². The fraction of sp³-hybridized carbons (Fsp3) is 0.438. The Morgan fingerprint density at radius 2 is 2.22 bits per heavy atom. The molecule has 1 aliphatic rings. The van der Waals surface area contributed by atoms with Crippen LogP contribution in [0.25, 0.3) is 11.4 Å². The number of nitrogens with zero attached hydrogens (tertiary/aromatic N) is 2. The minimum absolute atomic E-state index is 0.0352. The summed E-state index contributed by atoms with van der Waals surface area (Å²) in [6.07, 6.45) is 2.46. The number of rotatable bonds is 6. The van der Waals surface area contributed by atoms with E-state index in [9.17, 15) is 4.79 Å². The molecule has 3 rings (SSSR count). The van der Waals surface area contributed by atoms with Crippen molar-refractivity contribution in [1.82, 2.24) is 15.2 Å². The van der Waals surface area contributed by atoms with Gasteiger partial charge in [-0.25, -0.2) is 4.98 Å². The second-order valence-electron chi connectivity index (χ2n) is 5.70. The predicted octanol–water partition coefficient (Wildman–Crippen LogP) is 1.69. The van der Waals surface area contributed by atoms with E-state index in [2.05, 4.69) is 20.5 Å². The van der Waals surface area contributed by atoms with E-state index in [0.717, 1.165) is 37.3 Å². The number of benzene rings is 1. The van der Waals surface area contributed by atoms with Gasteiger partial charge in [0.15, 0.2) is 5.82 Å². The van der Waals surface area contributed by atoms with Crippen molar-refractivity contribution in [2.75, 3.05) is 18.5 Å². The molecule has 1 fully saturated rings. The summed E-state index contributed by atoms with van der Waals surface area (Å²) in [6, 6.07) is 7.46. The smallest absolute Gasteiger partial charge is 0.224 e. The van der Waals surface area contributed by atoms with Gasteiger partial charge in [0.05, 0.1) is 6.54 Å². The Balaban J connectivity index is 1.53. The van der Waals surface area contributed by atoms with E-state index >= 15 is 0 Å². The molecule has 4 N–H and O–H groups in total. The van der Waals surface area contributed by atoms with Crippen LogP contribution in [0.4, 0.5) is 5.69 Å². The molecule has 23 heavy (non-hydrogen) atoms. The van der Waals surface area contributed by atoms with Crippen molar-refractivity contribution in [1.29, 1.82) is 0 Å². The standard InChI is InChI=1S/C16H21N5O2/c17-9-14-19-16(21-20-14)12-2-4-13(5-3-12)18-15(22)6-1-11-7-8-23-10-11/h2-5,11H,1,6-10,17H2,(H,18,22)(H,19,20,21). The van der Waals surface area contributed by atoms with E-state index in [1.54, 1.807) is 0 Å². The number of aromatic amines is 1. The van der Waals surface area contributed by atoms with Crippen LogP contribution in [0.1, 0.15) is 25.1 Å². The van der Waals surface area contributed by atoms with Crippen molar-refractivity contribution in [2.45, 2.75) is 25.8 Å². The number of aromatic nitrogens is 3. The van der Waals surface area contributed by atoms with Crippen molar-refractivity contribution in [3.05, 3.63) is 30.1 Å². The van der Waals surface area contributed by atoms with Gasteiger partial charge in [-0.3, -0.25) is 9.89 Å². The summed E-state index contributed by atoms with van der Waals surface area (Å²) < 4.78 is 5.32. The van der Waals surface area contributed by atoms with E-state index in [-0.39, 0.29) is 5.91 Å². The summed E-state index contributed by atoms with van der Waals surface area (Å²) in [5.74, 6) is 1.80. The molecule has 2 heterocycles. The molecule has 0 spiro atoms. The fourth-order valence-corrected chi connectivity index (χ4v) is 2.59. The molecule has 0 aliphatic carbocycles. The highest BCUT2D eigenvalue weighted by atomic mass is 16.5. The van der Waals surface area contributed by atoms with Crippen LogP contribution in [0.15, 0.2) is 24.3 Å². The zero-order chi connectivity index (χ0) is 16.1. The minimum atomic E-state index is 0.0352. The molecule has 1 amide bonds. The number of ether oxygens (including phenoxy) is 1. The first-order valence-electron chi connectivity index (χ1n) is 7.84. The summed E-state index contributed by atoms with van der Waals surface area (Å²) in [5.41, 5.74) is 7.16. The Labute approximate surface area is 134 Å². The highest BCUT2D eigenvalue weighted by Crippen LogP contribution is 2.20. The lowest BCUT2D eigenvalue weighted by atomic mass is 10.0. The van der Waals surface area contributed by atoms with E-state index < -0.39 is 0 Å². The largest absolute Gasteiger partial charge is 0.381 e. The van der Waals surface area contributed by atoms with Crippen LogP contribution in [0.2, 0.25) is 0 Å². The summed E-state index contributed by atoms with van der Waals surface area (Å²) >= 11 is 0. The van der Waals surface area contributed by atoms with Crippen LogP contribution in [-0.4, -0.2) is 34.3 Å². The van der Waals surface area contributed by atoms with Crippen molar-refractivity contribution in [2.24, 2.45) is 11.7 Å². The molecule has 1 saturated heterocycles. The van der Waals surface area contributed by atoms with Crippen LogP contribution < -0.4 is 11.1 Å². The molecule has 0 saturated carbocycles. The number of nitrogens with one attached hydrogen (secondary N) is 2. The number of anilines is 1. The molecule has 1 aromatic heterocycles. The quantitative estimate of drug-likeness (QED) is 0.752. The third kappa shape index (κ3) is 4.14. The summed E-state index contributed by atoms with van der Waals surface area (Å²) in [7, 11) is 0. The van der Waals surface area contributed by atoms with Crippen LogP contribution in [-0.2, 0) is 16.1 Å². The predicted molar refractivity (Wildman–Crippen MR) is 86.5 cm³/mol. The maximum Gasteiger partial charge on any atom is 0.224 e. The minimum Gasteiger partial charge on any atom is -0.381 e. The molecular formula is C16H21N5O2. The van der Waals surface area contributed by atoms with Gasteiger partial charge in [0.25, 0.3) is 0 Å². The summed E-state index contributed by atoms with van der Waals surface area (Å²) in [5, 5.41) is 9.80. The normalized spacial score (nSPS) is 17.3. The van der Waals surface area contributed by atoms with Gasteiger partial charge in [0, 0.05) is 30.9 Å². The number of hydrogen-bond donors (Lipinski definition) is 3. The van der Waals surface area contributed by atoms with Crippen LogP contribution in [0, 0.1) is 5.92 Å². The van der Waals surface area contributed by atoms with Gasteiger partial charge >= 0.3 is 0 Å². The van der Waals surface area contributed by atoms with Crippen molar-refractivity contribution in [3.63, 3.8) is 0 Å². The van der Waals surface area contributed by atoms with Gasteiger partial charge in [-0.05, 0) is 43.0 Å². The van der Waals surface area contributed by atoms with E-state index in [4.69, 9.17) is 10.5 Å². The molecule has 7 heteroatoms. The zero-order valence-corrected chi connectivity index (χ0v) is 12.9. The molecule has 0 radical (unpaired) electrons. The monoisotopic (exact) mass is 315 g/mol. The third-order valence-corrected chi connectivity index (χ3v) is 3.96. The first kappa shape index (κ1) is 15.6. The molecule has 1 atom stereocenters. The second-order valence-corrected chi connectivity index (χ2v) is 5.70. The van der Waals surface area contributed by atoms with Gasteiger partial charge in [-0.1, -0.05) is 0 Å². The lowest BCUT2D eigenvalue weighted by Gasteiger charge is -2.08. The van der Waals surface area contributed by atoms with E-state index in [1.807, 2.05) is 24.3 Å². The lowest BCUT2D eigenvalue weighted by molar-refractivity contribution is -0.116. The Morgan fingerprint density at radius 3 is 2.87 bits per heavy atom. The van der Waals surface area contributed by atoms with Crippen molar-refractivity contribution in [3.8, 4) is 11.4 Å². The number of carbonyl (C=O) groups excluding carboxylic acids is 1. The topological polar surface area (TPSA) is 106 Å². The van der Waals surface area contributed by atoms with E-state index in [0.29, 0.717) is 30.5 Å². The third-order valence-electron chi connectivity index (χ3n) is 3.96. The van der Waals surface area contributed by atoms with Crippen molar-refractivity contribution < 1.29 is 9.53 Å². The maximum absolute atomic E-state index is 12.0. The Kier molecular flexibility index (Phi) is 4.99. The number of nitrogens with two attached hydrogens (primary N) is 1. The van der Waals surface area contributed by atoms with Crippen molar-refractivity contribution >= 4 is 11.6 Å². The van der Waals surface area contributed by atoms with Crippen LogP contribution >= 0.6 is 0 Å². The molecule has 1 unspecified atom stereocenters. The molecule has 122 valence electrons. The van der Waals surface area contributed by atoms with Crippen LogP contribution in [0.5, 0.6) is 0 Å². The Morgan fingerprint density at radius 1 is 1.39 bits per heavy atom. The summed E-state index contributed by atoms with van der Waals surface area (Å²) in [4.78, 5) is 16.2. The van der Waals surface area contributed by atoms with Gasteiger partial charge in [0.2, 0.25) is 5.91 Å². The Bertz CT molecular complexity index is 647. The number of carbonyl (C=O) groups is 1. The van der Waals surface area contributed by atoms with Gasteiger partial charge in [0.1, 0.15) is 5.82 Å². The van der Waals surface area contributed by atoms with Gasteiger partial charge in [-0.15, -0.1) is 0 Å². The molecule has 2 aromatic rings. The number of amides is 1. The first-order chi connectivity index (χ1) is 11.2. The van der Waals surface area contributed by atoms with Gasteiger partial charge < -0.3 is 15.8 Å². The first-order valence-corrected chi connectivity index (χ1v) is 7.84. The number of hydrogen-bond acceptors (Lipinski definition) is 5. The highest BCUT2D eigenvalue weighted by Gasteiger charge is 2.16. The average Bonchev–Trinajstić information content (AvgIpc) is 3.25.